The Morgan fingerprint density at radius 3 is 2.72 bits per heavy atom. The van der Waals surface area contributed by atoms with E-state index in [0.717, 1.165) is 12.3 Å². The highest BCUT2D eigenvalue weighted by Gasteiger charge is 2.32. The summed E-state index contributed by atoms with van der Waals surface area (Å²) < 4.78 is 40.1. The first-order chi connectivity index (χ1) is 8.29. The second-order valence-corrected chi connectivity index (χ2v) is 3.34. The molecule has 0 unspecified atom stereocenters. The molecule has 0 radical (unpaired) electrons. The van der Waals surface area contributed by atoms with Gasteiger partial charge in [-0.3, -0.25) is 0 Å². The van der Waals surface area contributed by atoms with Crippen LogP contribution in [0.3, 0.4) is 0 Å². The van der Waals surface area contributed by atoms with Gasteiger partial charge in [-0.25, -0.2) is 10.2 Å². The maximum Gasteiger partial charge on any atom is 0.573 e. The molecule has 2 amide bonds. The Bertz CT molecular complexity index is 477. The van der Waals surface area contributed by atoms with Crippen LogP contribution < -0.4 is 15.9 Å². The van der Waals surface area contributed by atoms with Gasteiger partial charge in [0.15, 0.2) is 0 Å². The molecular formula is C9H7ClF3N3O2. The van der Waals surface area contributed by atoms with Gasteiger partial charge >= 0.3 is 12.4 Å². The Labute approximate surface area is 104 Å². The molecule has 18 heavy (non-hydrogen) atoms. The second kappa shape index (κ2) is 5.58. The molecule has 0 aromatic heterocycles. The van der Waals surface area contributed by atoms with Crippen LogP contribution in [0.25, 0.3) is 0 Å². The lowest BCUT2D eigenvalue weighted by Crippen LogP contribution is -2.24. The Morgan fingerprint density at radius 1 is 1.50 bits per heavy atom. The highest BCUT2D eigenvalue weighted by atomic mass is 35.5. The number of carbonyl (C=O) groups is 1. The number of urea groups is 1. The third kappa shape index (κ3) is 4.50. The van der Waals surface area contributed by atoms with Crippen molar-refractivity contribution in [2.75, 3.05) is 0 Å². The van der Waals surface area contributed by atoms with Gasteiger partial charge in [0.1, 0.15) is 5.75 Å². The summed E-state index contributed by atoms with van der Waals surface area (Å²) in [6.07, 6.45) is -3.96. The van der Waals surface area contributed by atoms with Gasteiger partial charge in [-0.05, 0) is 12.1 Å². The van der Waals surface area contributed by atoms with Crippen molar-refractivity contribution in [3.8, 4) is 5.75 Å². The summed E-state index contributed by atoms with van der Waals surface area (Å²) in [4.78, 5) is 10.3. The molecule has 1 aromatic rings. The van der Waals surface area contributed by atoms with E-state index in [9.17, 15) is 18.0 Å². The maximum atomic E-state index is 12.1. The maximum absolute atomic E-state index is 12.1. The summed E-state index contributed by atoms with van der Waals surface area (Å²) in [5.74, 6) is -0.537. The van der Waals surface area contributed by atoms with E-state index >= 15 is 0 Å². The standard InChI is InChI=1S/C9H7ClF3N3O2/c10-6-2-1-3-7(18-9(11,12)13)5(6)4-15-16-8(14)17/h1-4H,(H3,14,16,17). The summed E-state index contributed by atoms with van der Waals surface area (Å²) in [6, 6.07) is 2.72. The molecule has 0 saturated carbocycles. The van der Waals surface area contributed by atoms with Crippen LogP contribution in [0.1, 0.15) is 5.56 Å². The minimum Gasteiger partial charge on any atom is -0.405 e. The smallest absolute Gasteiger partial charge is 0.405 e. The van der Waals surface area contributed by atoms with Gasteiger partial charge < -0.3 is 10.5 Å². The molecule has 0 saturated heterocycles. The number of halogens is 4. The van der Waals surface area contributed by atoms with Crippen LogP contribution in [0, 0.1) is 0 Å². The Hall–Kier alpha value is -1.96. The zero-order valence-electron chi connectivity index (χ0n) is 8.66. The molecule has 0 atom stereocenters. The predicted octanol–water partition coefficient (Wildman–Crippen LogP) is 2.24. The summed E-state index contributed by atoms with van der Waals surface area (Å²) in [5, 5.41) is 3.29. The second-order valence-electron chi connectivity index (χ2n) is 2.93. The zero-order valence-corrected chi connectivity index (χ0v) is 9.42. The number of hydrogen-bond donors (Lipinski definition) is 2. The number of ether oxygens (including phenoxy) is 1. The number of rotatable bonds is 3. The van der Waals surface area contributed by atoms with Crippen LogP contribution in [0.15, 0.2) is 23.3 Å². The summed E-state index contributed by atoms with van der Waals surface area (Å²) in [7, 11) is 0. The van der Waals surface area contributed by atoms with Crippen LogP contribution in [-0.2, 0) is 0 Å². The highest BCUT2D eigenvalue weighted by Crippen LogP contribution is 2.29. The van der Waals surface area contributed by atoms with E-state index < -0.39 is 18.1 Å². The number of carbonyl (C=O) groups excluding carboxylic acids is 1. The molecule has 1 aromatic carbocycles. The molecule has 1 rings (SSSR count). The van der Waals surface area contributed by atoms with Crippen molar-refractivity contribution in [2.24, 2.45) is 10.8 Å². The van der Waals surface area contributed by atoms with E-state index in [0.29, 0.717) is 0 Å². The van der Waals surface area contributed by atoms with Gasteiger partial charge in [0.05, 0.1) is 16.8 Å². The van der Waals surface area contributed by atoms with Gasteiger partial charge in [-0.2, -0.15) is 5.10 Å². The number of primary amides is 1. The molecule has 9 heteroatoms. The van der Waals surface area contributed by atoms with Crippen LogP contribution in [0.2, 0.25) is 5.02 Å². The van der Waals surface area contributed by atoms with Gasteiger partial charge in [-0.1, -0.05) is 17.7 Å². The van der Waals surface area contributed by atoms with Crippen molar-refractivity contribution in [3.05, 3.63) is 28.8 Å². The summed E-state index contributed by atoms with van der Waals surface area (Å²) in [5.41, 5.74) is 6.42. The third-order valence-corrected chi connectivity index (χ3v) is 1.94. The average Bonchev–Trinajstić information content (AvgIpc) is 2.19. The summed E-state index contributed by atoms with van der Waals surface area (Å²) in [6.45, 7) is 0. The molecule has 0 bridgehead atoms. The monoisotopic (exact) mass is 281 g/mol. The average molecular weight is 282 g/mol. The van der Waals surface area contributed by atoms with Crippen LogP contribution in [0.4, 0.5) is 18.0 Å². The Morgan fingerprint density at radius 2 is 2.17 bits per heavy atom. The lowest BCUT2D eigenvalue weighted by atomic mass is 10.2. The number of hydrogen-bond acceptors (Lipinski definition) is 3. The number of hydrazone groups is 1. The number of nitrogens with two attached hydrogens (primary N) is 1. The largest absolute Gasteiger partial charge is 0.573 e. The Kier molecular flexibility index (Phi) is 4.38. The fraction of sp³-hybridized carbons (Fsp3) is 0.111. The molecule has 0 aliphatic rings. The van der Waals surface area contributed by atoms with Gasteiger partial charge in [0, 0.05) is 0 Å². The topological polar surface area (TPSA) is 76.7 Å². The minimum atomic E-state index is -4.86. The quantitative estimate of drug-likeness (QED) is 0.658. The lowest BCUT2D eigenvalue weighted by Gasteiger charge is -2.11. The van der Waals surface area contributed by atoms with E-state index in [1.807, 2.05) is 5.43 Å². The van der Waals surface area contributed by atoms with Gasteiger partial charge in [-0.15, -0.1) is 13.2 Å². The van der Waals surface area contributed by atoms with Crippen molar-refractivity contribution in [2.45, 2.75) is 6.36 Å². The van der Waals surface area contributed by atoms with Crippen LogP contribution in [0.5, 0.6) is 5.75 Å². The van der Waals surface area contributed by atoms with E-state index in [1.165, 1.54) is 12.1 Å². The van der Waals surface area contributed by atoms with E-state index in [4.69, 9.17) is 17.3 Å². The van der Waals surface area contributed by atoms with Crippen molar-refractivity contribution >= 4 is 23.8 Å². The fourth-order valence-electron chi connectivity index (χ4n) is 1.02. The highest BCUT2D eigenvalue weighted by molar-refractivity contribution is 6.33. The number of amides is 2. The normalized spacial score (nSPS) is 11.6. The van der Waals surface area contributed by atoms with Gasteiger partial charge in [0.25, 0.3) is 0 Å². The first-order valence-electron chi connectivity index (χ1n) is 4.42. The minimum absolute atomic E-state index is 0.0215. The molecule has 0 aliphatic carbocycles. The predicted molar refractivity (Wildman–Crippen MR) is 58.4 cm³/mol. The molecule has 0 spiro atoms. The van der Waals surface area contributed by atoms with Crippen LogP contribution in [-0.4, -0.2) is 18.6 Å². The van der Waals surface area contributed by atoms with Crippen molar-refractivity contribution < 1.29 is 22.7 Å². The third-order valence-electron chi connectivity index (χ3n) is 1.61. The molecule has 0 fully saturated rings. The summed E-state index contributed by atoms with van der Waals surface area (Å²) >= 11 is 5.69. The van der Waals surface area contributed by atoms with E-state index in [-0.39, 0.29) is 10.6 Å². The van der Waals surface area contributed by atoms with Crippen molar-refractivity contribution in [1.82, 2.24) is 5.43 Å². The fourth-order valence-corrected chi connectivity index (χ4v) is 1.23. The number of benzene rings is 1. The molecule has 0 aliphatic heterocycles. The number of nitrogens with zero attached hydrogens (tertiary/aromatic N) is 1. The van der Waals surface area contributed by atoms with Gasteiger partial charge in [0.2, 0.25) is 0 Å². The first kappa shape index (κ1) is 14.1. The Balaban J connectivity index is 3.01. The first-order valence-corrected chi connectivity index (χ1v) is 4.80. The van der Waals surface area contributed by atoms with Crippen LogP contribution >= 0.6 is 11.6 Å². The molecule has 0 heterocycles. The zero-order chi connectivity index (χ0) is 13.8. The van der Waals surface area contributed by atoms with Crippen molar-refractivity contribution in [1.29, 1.82) is 0 Å². The lowest BCUT2D eigenvalue weighted by molar-refractivity contribution is -0.274. The molecule has 5 nitrogen and oxygen atoms in total. The number of nitrogens with one attached hydrogen (secondary N) is 1. The van der Waals surface area contributed by atoms with Crippen molar-refractivity contribution in [3.63, 3.8) is 0 Å². The molecule has 3 N–H and O–H groups in total. The number of alkyl halides is 3. The SMILES string of the molecule is NC(=O)NN=Cc1c(Cl)cccc1OC(F)(F)F. The molecule has 98 valence electrons. The van der Waals surface area contributed by atoms with E-state index in [1.54, 1.807) is 0 Å². The van der Waals surface area contributed by atoms with E-state index in [2.05, 4.69) is 9.84 Å². The molecular weight excluding hydrogens is 275 g/mol.